The van der Waals surface area contributed by atoms with Crippen LogP contribution in [0.1, 0.15) is 6.92 Å². The van der Waals surface area contributed by atoms with Crippen molar-refractivity contribution in [1.29, 1.82) is 0 Å². The van der Waals surface area contributed by atoms with Crippen molar-refractivity contribution in [2.24, 2.45) is 5.73 Å². The van der Waals surface area contributed by atoms with Crippen molar-refractivity contribution >= 4 is 23.2 Å². The highest BCUT2D eigenvalue weighted by molar-refractivity contribution is 6.05. The molecule has 0 fully saturated rings. The molecule has 1 aromatic carbocycles. The minimum atomic E-state index is -0.698. The van der Waals surface area contributed by atoms with Crippen LogP contribution >= 0.6 is 0 Å². The van der Waals surface area contributed by atoms with Gasteiger partial charge in [-0.2, -0.15) is 0 Å². The molecule has 0 spiro atoms. The van der Waals surface area contributed by atoms with Gasteiger partial charge in [-0.05, 0) is 12.1 Å². The number of carbonyl (C=O) groups excluding carboxylic acids is 2. The van der Waals surface area contributed by atoms with Crippen LogP contribution in [-0.2, 0) is 9.59 Å². The van der Waals surface area contributed by atoms with Gasteiger partial charge in [0.2, 0.25) is 11.8 Å². The molecule has 84 valence electrons. The highest BCUT2D eigenvalue weighted by atomic mass is 16.2. The van der Waals surface area contributed by atoms with E-state index in [4.69, 9.17) is 5.73 Å². The molecule has 1 aliphatic heterocycles. The van der Waals surface area contributed by atoms with Gasteiger partial charge in [-0.25, -0.2) is 0 Å². The standard InChI is InChI=1S/C11H13N3O2/c1-7(15)14-6-8(12)11(16)13-9-4-2-3-5-10(9)14/h2-5,8H,6,12H2,1H3,(H,13,16)/t8-/m0/s1. The van der Waals surface area contributed by atoms with Gasteiger partial charge < -0.3 is 16.0 Å². The molecule has 0 unspecified atom stereocenters. The highest BCUT2D eigenvalue weighted by Gasteiger charge is 2.26. The van der Waals surface area contributed by atoms with E-state index in [2.05, 4.69) is 5.32 Å². The number of carbonyl (C=O) groups is 2. The fourth-order valence-electron chi connectivity index (χ4n) is 1.72. The monoisotopic (exact) mass is 219 g/mol. The number of fused-ring (bicyclic) bond motifs is 1. The van der Waals surface area contributed by atoms with Crippen LogP contribution in [0.4, 0.5) is 11.4 Å². The molecule has 0 saturated heterocycles. The van der Waals surface area contributed by atoms with Crippen LogP contribution in [-0.4, -0.2) is 24.4 Å². The van der Waals surface area contributed by atoms with Crippen molar-refractivity contribution in [1.82, 2.24) is 0 Å². The molecule has 0 aromatic heterocycles. The zero-order chi connectivity index (χ0) is 11.7. The first-order valence-corrected chi connectivity index (χ1v) is 5.03. The molecule has 2 rings (SSSR count). The summed E-state index contributed by atoms with van der Waals surface area (Å²) < 4.78 is 0. The van der Waals surface area contributed by atoms with Gasteiger partial charge in [-0.3, -0.25) is 9.59 Å². The third-order valence-electron chi connectivity index (χ3n) is 2.55. The molecule has 0 bridgehead atoms. The summed E-state index contributed by atoms with van der Waals surface area (Å²) in [5.74, 6) is -0.393. The Morgan fingerprint density at radius 1 is 1.50 bits per heavy atom. The molecule has 1 aromatic rings. The van der Waals surface area contributed by atoms with Crippen molar-refractivity contribution < 1.29 is 9.59 Å². The highest BCUT2D eigenvalue weighted by Crippen LogP contribution is 2.27. The summed E-state index contributed by atoms with van der Waals surface area (Å²) in [7, 11) is 0. The molecule has 0 radical (unpaired) electrons. The summed E-state index contributed by atoms with van der Waals surface area (Å²) >= 11 is 0. The van der Waals surface area contributed by atoms with Gasteiger partial charge in [0.25, 0.3) is 0 Å². The van der Waals surface area contributed by atoms with Gasteiger partial charge in [-0.15, -0.1) is 0 Å². The van der Waals surface area contributed by atoms with E-state index in [1.165, 1.54) is 11.8 Å². The Balaban J connectivity index is 2.49. The largest absolute Gasteiger partial charge is 0.323 e. The lowest BCUT2D eigenvalue weighted by molar-refractivity contribution is -0.117. The average Bonchev–Trinajstić information content (AvgIpc) is 2.37. The minimum Gasteiger partial charge on any atom is -0.323 e. The van der Waals surface area contributed by atoms with Crippen LogP contribution in [0.5, 0.6) is 0 Å². The smallest absolute Gasteiger partial charge is 0.243 e. The first-order chi connectivity index (χ1) is 7.59. The maximum Gasteiger partial charge on any atom is 0.243 e. The number of anilines is 2. The molecule has 1 heterocycles. The summed E-state index contributed by atoms with van der Waals surface area (Å²) in [6.07, 6.45) is 0. The normalized spacial score (nSPS) is 19.8. The van der Waals surface area contributed by atoms with Crippen molar-refractivity contribution in [2.45, 2.75) is 13.0 Å². The van der Waals surface area contributed by atoms with E-state index in [0.29, 0.717) is 11.4 Å². The second-order valence-electron chi connectivity index (χ2n) is 3.74. The number of para-hydroxylation sites is 2. The summed E-state index contributed by atoms with van der Waals surface area (Å²) in [5, 5.41) is 2.70. The van der Waals surface area contributed by atoms with Crippen LogP contribution in [0.15, 0.2) is 24.3 Å². The van der Waals surface area contributed by atoms with Crippen LogP contribution in [0, 0.1) is 0 Å². The predicted octanol–water partition coefficient (Wildman–Crippen LogP) is 0.319. The zero-order valence-electron chi connectivity index (χ0n) is 8.93. The lowest BCUT2D eigenvalue weighted by Crippen LogP contribution is -2.44. The van der Waals surface area contributed by atoms with Gasteiger partial charge >= 0.3 is 0 Å². The van der Waals surface area contributed by atoms with Crippen LogP contribution < -0.4 is 16.0 Å². The number of hydrogen-bond donors (Lipinski definition) is 2. The fraction of sp³-hybridized carbons (Fsp3) is 0.273. The Bertz CT molecular complexity index is 445. The molecule has 2 amide bonds. The molecule has 1 aliphatic rings. The third kappa shape index (κ3) is 1.77. The molecular formula is C11H13N3O2. The minimum absolute atomic E-state index is 0.126. The van der Waals surface area contributed by atoms with Crippen molar-refractivity contribution in [3.05, 3.63) is 24.3 Å². The summed E-state index contributed by atoms with van der Waals surface area (Å²) in [6, 6.07) is 6.46. The van der Waals surface area contributed by atoms with Crippen molar-refractivity contribution in [2.75, 3.05) is 16.8 Å². The van der Waals surface area contributed by atoms with E-state index in [1.54, 1.807) is 18.2 Å². The fourth-order valence-corrected chi connectivity index (χ4v) is 1.72. The molecular weight excluding hydrogens is 206 g/mol. The summed E-state index contributed by atoms with van der Waals surface area (Å²) in [6.45, 7) is 1.66. The number of nitrogens with two attached hydrogens (primary N) is 1. The Hall–Kier alpha value is -1.88. The Labute approximate surface area is 93.2 Å². The van der Waals surface area contributed by atoms with Crippen molar-refractivity contribution in [3.63, 3.8) is 0 Å². The second-order valence-corrected chi connectivity index (χ2v) is 3.74. The lowest BCUT2D eigenvalue weighted by atomic mass is 10.2. The van der Waals surface area contributed by atoms with E-state index in [1.807, 2.05) is 6.07 Å². The Morgan fingerprint density at radius 3 is 2.88 bits per heavy atom. The number of nitrogens with zero attached hydrogens (tertiary/aromatic N) is 1. The maximum atomic E-state index is 11.6. The molecule has 5 heteroatoms. The van der Waals surface area contributed by atoms with Crippen LogP contribution in [0.25, 0.3) is 0 Å². The Kier molecular flexibility index (Phi) is 2.62. The SMILES string of the molecule is CC(=O)N1C[C@H](N)C(=O)Nc2ccccc21. The quantitative estimate of drug-likeness (QED) is 0.659. The van der Waals surface area contributed by atoms with E-state index >= 15 is 0 Å². The van der Waals surface area contributed by atoms with Crippen LogP contribution in [0.3, 0.4) is 0 Å². The third-order valence-corrected chi connectivity index (χ3v) is 2.55. The van der Waals surface area contributed by atoms with Crippen molar-refractivity contribution in [3.8, 4) is 0 Å². The Morgan fingerprint density at radius 2 is 2.19 bits per heavy atom. The van der Waals surface area contributed by atoms with Gasteiger partial charge in [-0.1, -0.05) is 12.1 Å². The first-order valence-electron chi connectivity index (χ1n) is 5.03. The molecule has 0 saturated carbocycles. The number of benzene rings is 1. The van der Waals surface area contributed by atoms with E-state index in [-0.39, 0.29) is 18.4 Å². The molecule has 5 nitrogen and oxygen atoms in total. The number of rotatable bonds is 0. The van der Waals surface area contributed by atoms with E-state index in [0.717, 1.165) is 0 Å². The molecule has 3 N–H and O–H groups in total. The van der Waals surface area contributed by atoms with Gasteiger partial charge in [0.05, 0.1) is 17.9 Å². The molecule has 0 aliphatic carbocycles. The lowest BCUT2D eigenvalue weighted by Gasteiger charge is -2.21. The first kappa shape index (κ1) is 10.6. The number of hydrogen-bond acceptors (Lipinski definition) is 3. The average molecular weight is 219 g/mol. The summed E-state index contributed by atoms with van der Waals surface area (Å²) in [5.41, 5.74) is 6.99. The second kappa shape index (κ2) is 3.94. The van der Waals surface area contributed by atoms with E-state index < -0.39 is 6.04 Å². The van der Waals surface area contributed by atoms with Gasteiger partial charge in [0.15, 0.2) is 0 Å². The van der Waals surface area contributed by atoms with Gasteiger partial charge in [0, 0.05) is 6.92 Å². The molecule has 16 heavy (non-hydrogen) atoms. The maximum absolute atomic E-state index is 11.6. The number of nitrogens with one attached hydrogen (secondary N) is 1. The topological polar surface area (TPSA) is 75.4 Å². The molecule has 1 atom stereocenters. The summed E-state index contributed by atoms with van der Waals surface area (Å²) in [4.78, 5) is 24.6. The van der Waals surface area contributed by atoms with Gasteiger partial charge in [0.1, 0.15) is 6.04 Å². The number of amides is 2. The zero-order valence-corrected chi connectivity index (χ0v) is 8.93. The predicted molar refractivity (Wildman–Crippen MR) is 61.1 cm³/mol. The van der Waals surface area contributed by atoms with E-state index in [9.17, 15) is 9.59 Å². The van der Waals surface area contributed by atoms with Crippen LogP contribution in [0.2, 0.25) is 0 Å².